The fraction of sp³-hybridized carbons (Fsp3) is 0.320. The Morgan fingerprint density at radius 2 is 1.94 bits per heavy atom. The number of rotatable bonds is 4. The van der Waals surface area contributed by atoms with Crippen LogP contribution in [0, 0.1) is 5.41 Å². The molecule has 1 aliphatic heterocycles. The number of aromatic hydroxyl groups is 1. The first kappa shape index (κ1) is 21.8. The molecule has 1 saturated heterocycles. The van der Waals surface area contributed by atoms with Crippen LogP contribution in [0.2, 0.25) is 5.02 Å². The van der Waals surface area contributed by atoms with Gasteiger partial charge in [0.25, 0.3) is 0 Å². The molecule has 0 amide bonds. The maximum absolute atomic E-state index is 9.97. The standard InChI is InChI=1S/C25H26ClN5O2/c26-21-16(7-10-28-24(21)33)5-6-18-14-29-23(20(15-32)30-18)31-11-8-25(9-12-31)13-17-3-1-2-4-19(17)22(25)27/h1-7,10,14,22,32H,8-9,11-13,15,27H2,(H,28,33)/b6-5-/t22-/m1/s1. The Labute approximate surface area is 197 Å². The van der Waals surface area contributed by atoms with Crippen molar-refractivity contribution in [3.8, 4) is 5.88 Å². The molecule has 2 aromatic heterocycles. The molecule has 0 bridgehead atoms. The van der Waals surface area contributed by atoms with Crippen LogP contribution in [0.3, 0.4) is 0 Å². The molecule has 1 aromatic carbocycles. The van der Waals surface area contributed by atoms with Crippen molar-refractivity contribution in [3.05, 3.63) is 75.8 Å². The number of aliphatic hydroxyl groups excluding tert-OH is 1. The summed E-state index contributed by atoms with van der Waals surface area (Å²) in [4.78, 5) is 15.2. The third-order valence-corrected chi connectivity index (χ3v) is 7.36. The SMILES string of the molecule is N[C@@H]1c2ccccc2CC12CCN(c1ncc(/C=C\c3ccnc(O)c3Cl)nc1CO)CC2. The molecule has 2 aliphatic rings. The summed E-state index contributed by atoms with van der Waals surface area (Å²) >= 11 is 6.08. The Morgan fingerprint density at radius 3 is 2.70 bits per heavy atom. The highest BCUT2D eigenvalue weighted by molar-refractivity contribution is 6.33. The molecule has 0 radical (unpaired) electrons. The number of hydrogen-bond donors (Lipinski definition) is 3. The van der Waals surface area contributed by atoms with Gasteiger partial charge in [0.15, 0.2) is 5.82 Å². The highest BCUT2D eigenvalue weighted by atomic mass is 35.5. The summed E-state index contributed by atoms with van der Waals surface area (Å²) in [7, 11) is 0. The van der Waals surface area contributed by atoms with Gasteiger partial charge < -0.3 is 20.8 Å². The fourth-order valence-corrected chi connectivity index (χ4v) is 5.28. The van der Waals surface area contributed by atoms with Crippen molar-refractivity contribution in [2.45, 2.75) is 31.9 Å². The van der Waals surface area contributed by atoms with Crippen LogP contribution in [0.25, 0.3) is 12.2 Å². The van der Waals surface area contributed by atoms with E-state index < -0.39 is 0 Å². The van der Waals surface area contributed by atoms with Gasteiger partial charge in [0.05, 0.1) is 18.5 Å². The van der Waals surface area contributed by atoms with Crippen molar-refractivity contribution in [3.63, 3.8) is 0 Å². The highest BCUT2D eigenvalue weighted by Crippen LogP contribution is 2.51. The van der Waals surface area contributed by atoms with Crippen molar-refractivity contribution in [2.75, 3.05) is 18.0 Å². The number of benzene rings is 1. The Morgan fingerprint density at radius 1 is 1.15 bits per heavy atom. The molecule has 7 nitrogen and oxygen atoms in total. The summed E-state index contributed by atoms with van der Waals surface area (Å²) in [6, 6.07) is 10.3. The summed E-state index contributed by atoms with van der Waals surface area (Å²) in [5, 5.41) is 19.8. The quantitative estimate of drug-likeness (QED) is 0.540. The first-order valence-corrected chi connectivity index (χ1v) is 11.5. The smallest absolute Gasteiger partial charge is 0.230 e. The van der Waals surface area contributed by atoms with E-state index in [9.17, 15) is 10.2 Å². The number of pyridine rings is 1. The van der Waals surface area contributed by atoms with Gasteiger partial charge in [-0.15, -0.1) is 0 Å². The van der Waals surface area contributed by atoms with Crippen LogP contribution in [0.15, 0.2) is 42.7 Å². The molecule has 5 rings (SSSR count). The van der Waals surface area contributed by atoms with E-state index >= 15 is 0 Å². The van der Waals surface area contributed by atoms with E-state index in [-0.39, 0.29) is 29.0 Å². The number of anilines is 1. The van der Waals surface area contributed by atoms with Crippen molar-refractivity contribution in [1.82, 2.24) is 15.0 Å². The average molecular weight is 464 g/mol. The van der Waals surface area contributed by atoms with Gasteiger partial charge in [0.1, 0.15) is 10.7 Å². The summed E-state index contributed by atoms with van der Waals surface area (Å²) in [6.45, 7) is 1.45. The maximum atomic E-state index is 9.97. The van der Waals surface area contributed by atoms with Gasteiger partial charge in [0.2, 0.25) is 5.88 Å². The lowest BCUT2D eigenvalue weighted by molar-refractivity contribution is 0.186. The first-order valence-electron chi connectivity index (χ1n) is 11.1. The lowest BCUT2D eigenvalue weighted by Crippen LogP contribution is -2.45. The molecule has 33 heavy (non-hydrogen) atoms. The molecule has 1 aliphatic carbocycles. The predicted molar refractivity (Wildman–Crippen MR) is 129 cm³/mol. The minimum atomic E-state index is -0.218. The summed E-state index contributed by atoms with van der Waals surface area (Å²) in [6.07, 6.45) is 9.61. The van der Waals surface area contributed by atoms with Crippen molar-refractivity contribution in [1.29, 1.82) is 0 Å². The fourth-order valence-electron chi connectivity index (χ4n) is 5.11. The Kier molecular flexibility index (Phi) is 5.78. The van der Waals surface area contributed by atoms with Gasteiger partial charge in [-0.3, -0.25) is 0 Å². The van der Waals surface area contributed by atoms with E-state index in [0.29, 0.717) is 22.8 Å². The number of hydrogen-bond acceptors (Lipinski definition) is 7. The molecule has 3 aromatic rings. The van der Waals surface area contributed by atoms with E-state index in [1.165, 1.54) is 17.3 Å². The second kappa shape index (κ2) is 8.74. The van der Waals surface area contributed by atoms with Gasteiger partial charge in [-0.1, -0.05) is 41.9 Å². The van der Waals surface area contributed by atoms with Crippen molar-refractivity contribution < 1.29 is 10.2 Å². The Hall–Kier alpha value is -3.00. The molecule has 0 unspecified atom stereocenters. The number of aliphatic hydroxyl groups is 1. The molecule has 4 N–H and O–H groups in total. The summed E-state index contributed by atoms with van der Waals surface area (Å²) in [5.41, 5.74) is 11.2. The lowest BCUT2D eigenvalue weighted by atomic mass is 9.73. The van der Waals surface area contributed by atoms with Crippen molar-refractivity contribution >= 4 is 29.6 Å². The van der Waals surface area contributed by atoms with Crippen molar-refractivity contribution in [2.24, 2.45) is 11.1 Å². The molecular formula is C25H26ClN5O2. The summed E-state index contributed by atoms with van der Waals surface area (Å²) < 4.78 is 0. The van der Waals surface area contributed by atoms with Crippen LogP contribution >= 0.6 is 11.6 Å². The van der Waals surface area contributed by atoms with Crippen LogP contribution < -0.4 is 10.6 Å². The highest BCUT2D eigenvalue weighted by Gasteiger charge is 2.46. The van der Waals surface area contributed by atoms with Crippen LogP contribution in [0.4, 0.5) is 5.82 Å². The molecule has 1 fully saturated rings. The molecule has 0 saturated carbocycles. The van der Waals surface area contributed by atoms with Gasteiger partial charge in [-0.25, -0.2) is 15.0 Å². The molecule has 8 heteroatoms. The van der Waals surface area contributed by atoms with Gasteiger partial charge in [0, 0.05) is 30.9 Å². The number of aromatic nitrogens is 3. The van der Waals surface area contributed by atoms with E-state index in [1.807, 2.05) is 0 Å². The number of piperidine rings is 1. The Bertz CT molecular complexity index is 1210. The number of halogens is 1. The topological polar surface area (TPSA) is 108 Å². The van der Waals surface area contributed by atoms with Crippen LogP contribution in [0.5, 0.6) is 5.88 Å². The minimum absolute atomic E-state index is 0.0613. The molecule has 1 spiro atoms. The monoisotopic (exact) mass is 463 g/mol. The molecule has 1 atom stereocenters. The maximum Gasteiger partial charge on any atom is 0.230 e. The Balaban J connectivity index is 1.32. The predicted octanol–water partition coefficient (Wildman–Crippen LogP) is 3.74. The van der Waals surface area contributed by atoms with Gasteiger partial charge in [-0.2, -0.15) is 0 Å². The molecular weight excluding hydrogens is 438 g/mol. The van der Waals surface area contributed by atoms with E-state index in [1.54, 1.807) is 24.4 Å². The zero-order chi connectivity index (χ0) is 23.0. The first-order chi connectivity index (χ1) is 16.0. The number of fused-ring (bicyclic) bond motifs is 1. The summed E-state index contributed by atoms with van der Waals surface area (Å²) in [5.74, 6) is 0.498. The van der Waals surface area contributed by atoms with E-state index in [4.69, 9.17) is 17.3 Å². The van der Waals surface area contributed by atoms with Crippen LogP contribution in [0.1, 0.15) is 47.0 Å². The van der Waals surface area contributed by atoms with Crippen LogP contribution in [-0.4, -0.2) is 38.3 Å². The lowest BCUT2D eigenvalue weighted by Gasteiger charge is -2.42. The molecule has 170 valence electrons. The third kappa shape index (κ3) is 3.97. The van der Waals surface area contributed by atoms with Gasteiger partial charge >= 0.3 is 0 Å². The second-order valence-electron chi connectivity index (χ2n) is 8.80. The van der Waals surface area contributed by atoms with E-state index in [0.717, 1.165) is 32.4 Å². The van der Waals surface area contributed by atoms with Crippen LogP contribution in [-0.2, 0) is 13.0 Å². The number of nitrogens with zero attached hydrogens (tertiary/aromatic N) is 4. The van der Waals surface area contributed by atoms with Gasteiger partial charge in [-0.05, 0) is 47.9 Å². The van der Waals surface area contributed by atoms with E-state index in [2.05, 4.69) is 44.1 Å². The number of nitrogens with two attached hydrogens (primary N) is 1. The zero-order valence-electron chi connectivity index (χ0n) is 18.2. The second-order valence-corrected chi connectivity index (χ2v) is 9.18. The third-order valence-electron chi connectivity index (χ3n) is 6.98. The largest absolute Gasteiger partial charge is 0.492 e. The molecule has 3 heterocycles. The zero-order valence-corrected chi connectivity index (χ0v) is 18.9. The average Bonchev–Trinajstić information content (AvgIpc) is 3.11. The minimum Gasteiger partial charge on any atom is -0.492 e. The normalized spacial score (nSPS) is 19.4.